The molecule has 1 N–H and O–H groups in total. The summed E-state index contributed by atoms with van der Waals surface area (Å²) >= 11 is 5.79. The molecule has 1 aromatic heterocycles. The number of halogens is 1. The lowest BCUT2D eigenvalue weighted by atomic mass is 10.2. The van der Waals surface area contributed by atoms with E-state index in [1.54, 1.807) is 6.92 Å². The number of carbonyl (C=O) groups is 1. The van der Waals surface area contributed by atoms with Gasteiger partial charge in [0.2, 0.25) is 0 Å². The zero-order valence-corrected chi connectivity index (χ0v) is 11.5. The van der Waals surface area contributed by atoms with Crippen LogP contribution in [0.4, 0.5) is 5.69 Å². The minimum Gasteiger partial charge on any atom is -0.478 e. The molecule has 0 aliphatic heterocycles. The maximum Gasteiger partial charge on any atom is 0.339 e. The first-order chi connectivity index (χ1) is 9.88. The van der Waals surface area contributed by atoms with Crippen molar-refractivity contribution in [1.29, 1.82) is 0 Å². The quantitative estimate of drug-likeness (QED) is 0.685. The molecule has 0 spiro atoms. The summed E-state index contributed by atoms with van der Waals surface area (Å²) in [6.07, 6.45) is 0. The van der Waals surface area contributed by atoms with Crippen LogP contribution in [0.25, 0.3) is 0 Å². The predicted molar refractivity (Wildman–Crippen MR) is 74.1 cm³/mol. The first-order valence-corrected chi connectivity index (χ1v) is 6.09. The molecule has 0 bridgehead atoms. The summed E-state index contributed by atoms with van der Waals surface area (Å²) in [7, 11) is 0. The van der Waals surface area contributed by atoms with Gasteiger partial charge in [0.15, 0.2) is 0 Å². The van der Waals surface area contributed by atoms with Crippen LogP contribution in [0.5, 0.6) is 11.6 Å². The summed E-state index contributed by atoms with van der Waals surface area (Å²) in [6, 6.07) is 6.60. The summed E-state index contributed by atoms with van der Waals surface area (Å²) in [4.78, 5) is 25.3. The molecule has 1 heterocycles. The number of nitrogens with zero attached hydrogens (tertiary/aromatic N) is 2. The molecule has 2 aromatic rings. The highest BCUT2D eigenvalue weighted by molar-refractivity contribution is 6.30. The number of rotatable bonds is 4. The molecule has 0 fully saturated rings. The van der Waals surface area contributed by atoms with Crippen LogP contribution >= 0.6 is 11.6 Å². The van der Waals surface area contributed by atoms with Crippen molar-refractivity contribution in [2.75, 3.05) is 0 Å². The molecule has 21 heavy (non-hydrogen) atoms. The largest absolute Gasteiger partial charge is 0.478 e. The van der Waals surface area contributed by atoms with Crippen LogP contribution in [0.15, 0.2) is 30.3 Å². The molecule has 1 aromatic carbocycles. The van der Waals surface area contributed by atoms with Crippen molar-refractivity contribution in [3.8, 4) is 11.6 Å². The highest BCUT2D eigenvalue weighted by atomic mass is 35.5. The standard InChI is InChI=1S/C13H9ClN2O5/c1-7-2-5-10(16(19)20)12(15-7)21-11-6-8(14)3-4-9(11)13(17)18/h2-6H,1H3,(H,17,18). The van der Waals surface area contributed by atoms with Crippen molar-refractivity contribution in [1.82, 2.24) is 4.98 Å². The molecule has 0 saturated heterocycles. The Labute approximate surface area is 123 Å². The lowest BCUT2D eigenvalue weighted by Crippen LogP contribution is -2.02. The van der Waals surface area contributed by atoms with Gasteiger partial charge in [-0.1, -0.05) is 11.6 Å². The van der Waals surface area contributed by atoms with Crippen LogP contribution in [-0.2, 0) is 0 Å². The molecule has 108 valence electrons. The summed E-state index contributed by atoms with van der Waals surface area (Å²) in [6.45, 7) is 1.63. The molecule has 0 atom stereocenters. The van der Waals surface area contributed by atoms with Crippen molar-refractivity contribution in [3.63, 3.8) is 0 Å². The monoisotopic (exact) mass is 308 g/mol. The minimum atomic E-state index is -1.24. The lowest BCUT2D eigenvalue weighted by molar-refractivity contribution is -0.386. The highest BCUT2D eigenvalue weighted by Gasteiger charge is 2.20. The predicted octanol–water partition coefficient (Wildman–Crippen LogP) is 3.44. The first-order valence-electron chi connectivity index (χ1n) is 5.71. The number of hydrogen-bond acceptors (Lipinski definition) is 5. The number of carboxylic acid groups (broad SMARTS) is 1. The smallest absolute Gasteiger partial charge is 0.339 e. The van der Waals surface area contributed by atoms with Crippen molar-refractivity contribution in [2.45, 2.75) is 6.92 Å². The Balaban J connectivity index is 2.52. The zero-order valence-electron chi connectivity index (χ0n) is 10.7. The first kappa shape index (κ1) is 14.7. The molecular weight excluding hydrogens is 300 g/mol. The number of benzene rings is 1. The SMILES string of the molecule is Cc1ccc([N+](=O)[O-])c(Oc2cc(Cl)ccc2C(=O)O)n1. The number of carboxylic acids is 1. The average molecular weight is 309 g/mol. The molecule has 0 amide bonds. The average Bonchev–Trinajstić information content (AvgIpc) is 2.38. The van der Waals surface area contributed by atoms with E-state index >= 15 is 0 Å². The molecule has 7 nitrogen and oxygen atoms in total. The van der Waals surface area contributed by atoms with Crippen molar-refractivity contribution in [2.24, 2.45) is 0 Å². The fourth-order valence-electron chi connectivity index (χ4n) is 1.60. The summed E-state index contributed by atoms with van der Waals surface area (Å²) < 4.78 is 5.31. The topological polar surface area (TPSA) is 103 Å². The van der Waals surface area contributed by atoms with Crippen LogP contribution in [0.2, 0.25) is 5.02 Å². The van der Waals surface area contributed by atoms with Crippen LogP contribution in [0.3, 0.4) is 0 Å². The van der Waals surface area contributed by atoms with E-state index in [4.69, 9.17) is 21.4 Å². The maximum atomic E-state index is 11.1. The molecule has 2 rings (SSSR count). The van der Waals surface area contributed by atoms with Crippen LogP contribution in [0, 0.1) is 17.0 Å². The third-order valence-electron chi connectivity index (χ3n) is 2.56. The second-order valence-corrected chi connectivity index (χ2v) is 4.52. The third kappa shape index (κ3) is 3.26. The van der Waals surface area contributed by atoms with Crippen LogP contribution in [-0.4, -0.2) is 21.0 Å². The molecule has 0 aliphatic rings. The van der Waals surface area contributed by atoms with Gasteiger partial charge in [-0.2, -0.15) is 0 Å². The minimum absolute atomic E-state index is 0.115. The highest BCUT2D eigenvalue weighted by Crippen LogP contribution is 2.32. The van der Waals surface area contributed by atoms with E-state index in [1.807, 2.05) is 0 Å². The van der Waals surface area contributed by atoms with Gasteiger partial charge in [0.25, 0.3) is 5.88 Å². The van der Waals surface area contributed by atoms with E-state index < -0.39 is 10.9 Å². The fourth-order valence-corrected chi connectivity index (χ4v) is 1.76. The Bertz CT molecular complexity index is 671. The van der Waals surface area contributed by atoms with E-state index in [0.717, 1.165) is 0 Å². The number of pyridine rings is 1. The Kier molecular flexibility index (Phi) is 4.04. The normalized spacial score (nSPS) is 10.2. The zero-order chi connectivity index (χ0) is 15.6. The number of aromatic nitrogens is 1. The molecule has 8 heteroatoms. The molecule has 0 unspecified atom stereocenters. The number of nitro groups is 1. The van der Waals surface area contributed by atoms with Gasteiger partial charge in [0.05, 0.1) is 4.92 Å². The van der Waals surface area contributed by atoms with E-state index in [-0.39, 0.29) is 27.9 Å². The van der Waals surface area contributed by atoms with E-state index in [2.05, 4.69) is 4.98 Å². The number of ether oxygens (including phenoxy) is 1. The Morgan fingerprint density at radius 1 is 1.38 bits per heavy atom. The number of aryl methyl sites for hydroxylation is 1. The second-order valence-electron chi connectivity index (χ2n) is 4.08. The molecule has 0 radical (unpaired) electrons. The van der Waals surface area contributed by atoms with Gasteiger partial charge in [0, 0.05) is 22.8 Å². The van der Waals surface area contributed by atoms with Crippen LogP contribution in [0.1, 0.15) is 16.1 Å². The molecular formula is C13H9ClN2O5. The fraction of sp³-hybridized carbons (Fsp3) is 0.0769. The maximum absolute atomic E-state index is 11.1. The van der Waals surface area contributed by atoms with Crippen molar-refractivity contribution < 1.29 is 19.6 Å². The van der Waals surface area contributed by atoms with Gasteiger partial charge in [-0.3, -0.25) is 10.1 Å². The Morgan fingerprint density at radius 3 is 2.71 bits per heavy atom. The van der Waals surface area contributed by atoms with E-state index in [1.165, 1.54) is 30.3 Å². The van der Waals surface area contributed by atoms with Crippen molar-refractivity contribution >= 4 is 23.3 Å². The van der Waals surface area contributed by atoms with Gasteiger partial charge < -0.3 is 9.84 Å². The summed E-state index contributed by atoms with van der Waals surface area (Å²) in [5.74, 6) is -1.64. The summed E-state index contributed by atoms with van der Waals surface area (Å²) in [5, 5.41) is 20.3. The van der Waals surface area contributed by atoms with Gasteiger partial charge >= 0.3 is 11.7 Å². The Hall–Kier alpha value is -2.67. The second kappa shape index (κ2) is 5.76. The number of aromatic carboxylic acids is 1. The van der Waals surface area contributed by atoms with E-state index in [0.29, 0.717) is 5.69 Å². The van der Waals surface area contributed by atoms with E-state index in [9.17, 15) is 14.9 Å². The third-order valence-corrected chi connectivity index (χ3v) is 2.79. The lowest BCUT2D eigenvalue weighted by Gasteiger charge is -2.09. The molecule has 0 saturated carbocycles. The van der Waals surface area contributed by atoms with Crippen LogP contribution < -0.4 is 4.74 Å². The van der Waals surface area contributed by atoms with Gasteiger partial charge in [-0.25, -0.2) is 9.78 Å². The number of hydrogen-bond donors (Lipinski definition) is 1. The van der Waals surface area contributed by atoms with Gasteiger partial charge in [-0.05, 0) is 25.1 Å². The molecule has 0 aliphatic carbocycles. The van der Waals surface area contributed by atoms with Gasteiger partial charge in [0.1, 0.15) is 11.3 Å². The van der Waals surface area contributed by atoms with Crippen molar-refractivity contribution in [3.05, 3.63) is 56.7 Å². The van der Waals surface area contributed by atoms with Gasteiger partial charge in [-0.15, -0.1) is 0 Å². The Morgan fingerprint density at radius 2 is 2.10 bits per heavy atom. The summed E-state index contributed by atoms with van der Waals surface area (Å²) in [5.41, 5.74) is -0.0385.